The Morgan fingerprint density at radius 3 is 2.83 bits per heavy atom. The lowest BCUT2D eigenvalue weighted by Crippen LogP contribution is -2.36. The summed E-state index contributed by atoms with van der Waals surface area (Å²) in [6.07, 6.45) is 1.24. The van der Waals surface area contributed by atoms with Crippen molar-refractivity contribution in [3.8, 4) is 0 Å². The topological polar surface area (TPSA) is 102 Å². The number of aromatic amines is 1. The van der Waals surface area contributed by atoms with E-state index in [1.165, 1.54) is 23.0 Å². The van der Waals surface area contributed by atoms with E-state index in [4.69, 9.17) is 0 Å². The first-order valence-corrected chi connectivity index (χ1v) is 8.33. The molecule has 24 heavy (non-hydrogen) atoms. The van der Waals surface area contributed by atoms with Crippen molar-refractivity contribution in [2.45, 2.75) is 12.8 Å². The number of fused-ring (bicyclic) bond motifs is 1. The molecule has 0 atom stereocenters. The van der Waals surface area contributed by atoms with Crippen LogP contribution in [0.4, 0.5) is 0 Å². The number of carbonyl (C=O) groups is 1. The molecule has 3 rings (SSSR count). The minimum atomic E-state index is -0.409. The molecule has 2 N–H and O–H groups in total. The number of nitrogens with one attached hydrogen (secondary N) is 2. The number of nitrogens with zero attached hydrogens (tertiary/aromatic N) is 3. The third kappa shape index (κ3) is 2.90. The summed E-state index contributed by atoms with van der Waals surface area (Å²) >= 11 is 1.39. The number of H-pyrrole nitrogens is 1. The fourth-order valence-corrected chi connectivity index (χ4v) is 3.08. The average molecular weight is 347 g/mol. The van der Waals surface area contributed by atoms with Crippen LogP contribution in [-0.2, 0) is 20.5 Å². The van der Waals surface area contributed by atoms with Gasteiger partial charge < -0.3 is 10.3 Å². The second kappa shape index (κ2) is 6.44. The van der Waals surface area contributed by atoms with E-state index in [1.807, 2.05) is 11.4 Å². The Morgan fingerprint density at radius 2 is 2.12 bits per heavy atom. The lowest BCUT2D eigenvalue weighted by atomic mass is 10.3. The van der Waals surface area contributed by atoms with Crippen molar-refractivity contribution in [2.24, 2.45) is 14.1 Å². The molecule has 1 amide bonds. The highest BCUT2D eigenvalue weighted by Crippen LogP contribution is 2.08. The number of amides is 1. The quantitative estimate of drug-likeness (QED) is 0.652. The molecular weight excluding hydrogens is 330 g/mol. The van der Waals surface area contributed by atoms with Crippen molar-refractivity contribution in [3.63, 3.8) is 0 Å². The molecule has 3 heterocycles. The van der Waals surface area contributed by atoms with Gasteiger partial charge in [0.05, 0.1) is 4.88 Å². The van der Waals surface area contributed by atoms with E-state index in [2.05, 4.69) is 15.3 Å². The normalized spacial score (nSPS) is 11.1. The molecule has 0 aliphatic heterocycles. The molecule has 0 spiro atoms. The molecule has 0 radical (unpaired) electrons. The molecule has 8 nitrogen and oxygen atoms in total. The van der Waals surface area contributed by atoms with Gasteiger partial charge in [-0.1, -0.05) is 6.07 Å². The van der Waals surface area contributed by atoms with Gasteiger partial charge in [0.25, 0.3) is 11.5 Å². The molecule has 0 bridgehead atoms. The minimum Gasteiger partial charge on any atom is -0.351 e. The molecule has 0 aliphatic rings. The van der Waals surface area contributed by atoms with Crippen molar-refractivity contribution >= 4 is 28.4 Å². The second-order valence-corrected chi connectivity index (χ2v) is 6.37. The van der Waals surface area contributed by atoms with E-state index >= 15 is 0 Å². The van der Waals surface area contributed by atoms with Gasteiger partial charge in [0.15, 0.2) is 5.65 Å². The van der Waals surface area contributed by atoms with Crippen LogP contribution in [0.1, 0.15) is 21.9 Å². The summed E-state index contributed by atoms with van der Waals surface area (Å²) in [6, 6.07) is 3.61. The van der Waals surface area contributed by atoms with E-state index in [0.29, 0.717) is 41.3 Å². The van der Waals surface area contributed by atoms with Crippen LogP contribution in [0, 0.1) is 0 Å². The zero-order valence-corrected chi connectivity index (χ0v) is 14.1. The van der Waals surface area contributed by atoms with E-state index < -0.39 is 11.2 Å². The SMILES string of the molecule is Cn1c(=O)c2[nH]c(CCCNC(=O)c3cccs3)nc2n(C)c1=O. The van der Waals surface area contributed by atoms with Gasteiger partial charge in [-0.15, -0.1) is 11.3 Å². The van der Waals surface area contributed by atoms with E-state index in [0.717, 1.165) is 4.57 Å². The zero-order chi connectivity index (χ0) is 17.3. The molecule has 0 aromatic carbocycles. The first-order valence-electron chi connectivity index (χ1n) is 7.45. The minimum absolute atomic E-state index is 0.0918. The summed E-state index contributed by atoms with van der Waals surface area (Å²) in [6.45, 7) is 0.505. The number of thiophene rings is 1. The van der Waals surface area contributed by atoms with Crippen LogP contribution in [-0.4, -0.2) is 31.6 Å². The van der Waals surface area contributed by atoms with Crippen LogP contribution in [0.2, 0.25) is 0 Å². The highest BCUT2D eigenvalue weighted by atomic mass is 32.1. The molecule has 126 valence electrons. The van der Waals surface area contributed by atoms with Crippen LogP contribution in [0.15, 0.2) is 27.1 Å². The first kappa shape index (κ1) is 16.2. The number of aryl methyl sites for hydroxylation is 2. The number of aromatic nitrogens is 4. The van der Waals surface area contributed by atoms with Crippen molar-refractivity contribution < 1.29 is 4.79 Å². The van der Waals surface area contributed by atoms with Gasteiger partial charge in [-0.3, -0.25) is 18.7 Å². The Balaban J connectivity index is 1.67. The molecule has 0 saturated heterocycles. The predicted molar refractivity (Wildman–Crippen MR) is 91.5 cm³/mol. The fourth-order valence-electron chi connectivity index (χ4n) is 2.44. The molecule has 0 unspecified atom stereocenters. The van der Waals surface area contributed by atoms with Crippen molar-refractivity contribution in [1.82, 2.24) is 24.4 Å². The Labute approximate surface area is 140 Å². The Kier molecular flexibility index (Phi) is 4.34. The van der Waals surface area contributed by atoms with Gasteiger partial charge in [0, 0.05) is 27.1 Å². The Hall–Kier alpha value is -2.68. The van der Waals surface area contributed by atoms with E-state index in [-0.39, 0.29) is 5.91 Å². The summed E-state index contributed by atoms with van der Waals surface area (Å²) in [5.74, 6) is 0.527. The fraction of sp³-hybridized carbons (Fsp3) is 0.333. The molecule has 3 aromatic heterocycles. The summed E-state index contributed by atoms with van der Waals surface area (Å²) in [4.78, 5) is 43.8. The lowest BCUT2D eigenvalue weighted by Gasteiger charge is -2.02. The predicted octanol–water partition coefficient (Wildman–Crippen LogP) is 0.384. The molecule has 9 heteroatoms. The van der Waals surface area contributed by atoms with E-state index in [9.17, 15) is 14.4 Å². The monoisotopic (exact) mass is 347 g/mol. The van der Waals surface area contributed by atoms with Crippen LogP contribution >= 0.6 is 11.3 Å². The molecule has 3 aromatic rings. The Morgan fingerprint density at radius 1 is 1.33 bits per heavy atom. The third-order valence-corrected chi connectivity index (χ3v) is 4.63. The largest absolute Gasteiger partial charge is 0.351 e. The molecule has 0 aliphatic carbocycles. The maximum Gasteiger partial charge on any atom is 0.332 e. The van der Waals surface area contributed by atoms with Crippen LogP contribution in [0.5, 0.6) is 0 Å². The van der Waals surface area contributed by atoms with Crippen molar-refractivity contribution in [3.05, 3.63) is 49.1 Å². The van der Waals surface area contributed by atoms with Gasteiger partial charge >= 0.3 is 5.69 Å². The zero-order valence-electron chi connectivity index (χ0n) is 13.3. The maximum absolute atomic E-state index is 12.1. The number of hydrogen-bond donors (Lipinski definition) is 2. The van der Waals surface area contributed by atoms with Gasteiger partial charge in [-0.2, -0.15) is 0 Å². The average Bonchev–Trinajstić information content (AvgIpc) is 3.24. The standard InChI is InChI=1S/C15H17N5O3S/c1-19-12-11(14(22)20(2)15(19)23)17-10(18-12)6-3-7-16-13(21)9-5-4-8-24-9/h4-5,8H,3,6-7H2,1-2H3,(H,16,21)(H,17,18). The molecular formula is C15H17N5O3S. The van der Waals surface area contributed by atoms with Crippen LogP contribution in [0.3, 0.4) is 0 Å². The van der Waals surface area contributed by atoms with Gasteiger partial charge in [-0.25, -0.2) is 9.78 Å². The summed E-state index contributed by atoms with van der Waals surface area (Å²) in [5.41, 5.74) is -0.135. The number of rotatable bonds is 5. The highest BCUT2D eigenvalue weighted by Gasteiger charge is 2.13. The molecule has 0 fully saturated rings. The second-order valence-electron chi connectivity index (χ2n) is 5.42. The lowest BCUT2D eigenvalue weighted by molar-refractivity contribution is 0.0957. The van der Waals surface area contributed by atoms with Crippen molar-refractivity contribution in [1.29, 1.82) is 0 Å². The molecule has 0 saturated carbocycles. The van der Waals surface area contributed by atoms with E-state index in [1.54, 1.807) is 13.1 Å². The summed E-state index contributed by atoms with van der Waals surface area (Å²) in [5, 5.41) is 4.69. The third-order valence-electron chi connectivity index (χ3n) is 3.76. The maximum atomic E-state index is 12.1. The smallest absolute Gasteiger partial charge is 0.332 e. The number of carbonyl (C=O) groups excluding carboxylic acids is 1. The van der Waals surface area contributed by atoms with Gasteiger partial charge in [0.2, 0.25) is 0 Å². The van der Waals surface area contributed by atoms with Crippen LogP contribution in [0.25, 0.3) is 11.2 Å². The van der Waals surface area contributed by atoms with Crippen molar-refractivity contribution in [2.75, 3.05) is 6.54 Å². The van der Waals surface area contributed by atoms with Gasteiger partial charge in [-0.05, 0) is 17.9 Å². The van der Waals surface area contributed by atoms with Crippen LogP contribution < -0.4 is 16.6 Å². The number of imidazole rings is 1. The summed E-state index contributed by atoms with van der Waals surface area (Å²) in [7, 11) is 3.01. The summed E-state index contributed by atoms with van der Waals surface area (Å²) < 4.78 is 2.39. The first-order chi connectivity index (χ1) is 11.5. The van der Waals surface area contributed by atoms with Gasteiger partial charge in [0.1, 0.15) is 11.3 Å². The highest BCUT2D eigenvalue weighted by molar-refractivity contribution is 7.12. The number of hydrogen-bond acceptors (Lipinski definition) is 5. The Bertz CT molecular complexity index is 997.